The molecular weight excluding hydrogens is 270 g/mol. The smallest absolute Gasteiger partial charge is 0.306 e. The summed E-state index contributed by atoms with van der Waals surface area (Å²) in [6.45, 7) is 2.20. The summed E-state index contributed by atoms with van der Waals surface area (Å²) in [5.41, 5.74) is 0. The molecule has 1 atom stereocenters. The molecule has 110 valence electrons. The number of hydrogen-bond acceptors (Lipinski definition) is 4. The molecule has 2 N–H and O–H groups in total. The van der Waals surface area contributed by atoms with Crippen LogP contribution < -0.4 is 4.72 Å². The lowest BCUT2D eigenvalue weighted by atomic mass is 9.99. The van der Waals surface area contributed by atoms with Gasteiger partial charge in [0.05, 0.1) is 5.92 Å². The molecule has 2 saturated heterocycles. The predicted octanol–water partition coefficient (Wildman–Crippen LogP) is -0.678. The average molecular weight is 291 g/mol. The first kappa shape index (κ1) is 14.7. The highest BCUT2D eigenvalue weighted by Gasteiger charge is 2.33. The van der Waals surface area contributed by atoms with Crippen molar-refractivity contribution in [1.82, 2.24) is 13.9 Å². The molecule has 0 amide bonds. The van der Waals surface area contributed by atoms with Crippen LogP contribution in [0.3, 0.4) is 0 Å². The second-order valence-electron chi connectivity index (χ2n) is 5.38. The van der Waals surface area contributed by atoms with Gasteiger partial charge in [-0.05, 0) is 32.9 Å². The third kappa shape index (κ3) is 3.65. The standard InChI is InChI=1S/C11H21N3O4S/c1-13-5-4-10(8-13)12-19(17,18)14-6-2-9(3-7-14)11(15)16/h9-10,12H,2-8H2,1H3,(H,15,16). The van der Waals surface area contributed by atoms with E-state index in [4.69, 9.17) is 5.11 Å². The molecular formula is C11H21N3O4S. The molecule has 8 heteroatoms. The molecule has 0 spiro atoms. The van der Waals surface area contributed by atoms with Gasteiger partial charge in [-0.2, -0.15) is 17.4 Å². The lowest BCUT2D eigenvalue weighted by Gasteiger charge is -2.30. The van der Waals surface area contributed by atoms with Gasteiger partial charge in [0.25, 0.3) is 10.2 Å². The molecule has 7 nitrogen and oxygen atoms in total. The first-order chi connectivity index (χ1) is 8.88. The summed E-state index contributed by atoms with van der Waals surface area (Å²) in [6.07, 6.45) is 1.60. The highest BCUT2D eigenvalue weighted by Crippen LogP contribution is 2.20. The Bertz CT molecular complexity index is 431. The number of piperidine rings is 1. The summed E-state index contributed by atoms with van der Waals surface area (Å²) < 4.78 is 28.4. The minimum Gasteiger partial charge on any atom is -0.481 e. The van der Waals surface area contributed by atoms with Crippen molar-refractivity contribution in [2.45, 2.75) is 25.3 Å². The number of carboxylic acid groups (broad SMARTS) is 1. The summed E-state index contributed by atoms with van der Waals surface area (Å²) in [7, 11) is -1.51. The molecule has 0 aromatic rings. The van der Waals surface area contributed by atoms with Crippen molar-refractivity contribution in [2.24, 2.45) is 5.92 Å². The summed E-state index contributed by atoms with van der Waals surface area (Å²) in [6, 6.07) is -0.0350. The second kappa shape index (κ2) is 5.74. The minimum absolute atomic E-state index is 0.0350. The van der Waals surface area contributed by atoms with E-state index in [1.807, 2.05) is 7.05 Å². The zero-order chi connectivity index (χ0) is 14.0. The van der Waals surface area contributed by atoms with E-state index in [0.717, 1.165) is 19.5 Å². The van der Waals surface area contributed by atoms with E-state index in [1.54, 1.807) is 0 Å². The molecule has 0 aromatic heterocycles. The number of nitrogens with zero attached hydrogens (tertiary/aromatic N) is 2. The van der Waals surface area contributed by atoms with E-state index >= 15 is 0 Å². The van der Waals surface area contributed by atoms with Gasteiger partial charge in [-0.25, -0.2) is 0 Å². The molecule has 2 aliphatic heterocycles. The van der Waals surface area contributed by atoms with Gasteiger partial charge in [0.15, 0.2) is 0 Å². The van der Waals surface area contributed by atoms with E-state index in [2.05, 4.69) is 9.62 Å². The first-order valence-electron chi connectivity index (χ1n) is 6.57. The van der Waals surface area contributed by atoms with Gasteiger partial charge in [0.2, 0.25) is 0 Å². The molecule has 2 rings (SSSR count). The van der Waals surface area contributed by atoms with Gasteiger partial charge in [0.1, 0.15) is 0 Å². The Labute approximate surface area is 113 Å². The van der Waals surface area contributed by atoms with Crippen molar-refractivity contribution < 1.29 is 18.3 Å². The molecule has 1 unspecified atom stereocenters. The van der Waals surface area contributed by atoms with Crippen LogP contribution in [0.25, 0.3) is 0 Å². The molecule has 2 heterocycles. The molecule has 0 aliphatic carbocycles. The van der Waals surface area contributed by atoms with Crippen LogP contribution >= 0.6 is 0 Å². The highest BCUT2D eigenvalue weighted by molar-refractivity contribution is 7.87. The van der Waals surface area contributed by atoms with Crippen LogP contribution in [0, 0.1) is 5.92 Å². The molecule has 19 heavy (non-hydrogen) atoms. The maximum Gasteiger partial charge on any atom is 0.306 e. The van der Waals surface area contributed by atoms with Crippen LogP contribution in [0.15, 0.2) is 0 Å². The predicted molar refractivity (Wildman–Crippen MR) is 69.9 cm³/mol. The van der Waals surface area contributed by atoms with Gasteiger partial charge < -0.3 is 10.0 Å². The Morgan fingerprint density at radius 2 is 1.84 bits per heavy atom. The Balaban J connectivity index is 1.89. The Kier molecular flexibility index (Phi) is 4.44. The van der Waals surface area contributed by atoms with E-state index in [9.17, 15) is 13.2 Å². The number of carboxylic acids is 1. The van der Waals surface area contributed by atoms with Crippen molar-refractivity contribution in [3.8, 4) is 0 Å². The SMILES string of the molecule is CN1CCC(NS(=O)(=O)N2CCC(C(=O)O)CC2)C1. The fourth-order valence-corrected chi connectivity index (χ4v) is 4.11. The average Bonchev–Trinajstić information content (AvgIpc) is 2.74. The van der Waals surface area contributed by atoms with E-state index in [-0.39, 0.29) is 19.1 Å². The lowest BCUT2D eigenvalue weighted by molar-refractivity contribution is -0.142. The molecule has 2 aliphatic rings. The number of nitrogens with one attached hydrogen (secondary N) is 1. The van der Waals surface area contributed by atoms with Crippen molar-refractivity contribution in [2.75, 3.05) is 33.2 Å². The van der Waals surface area contributed by atoms with Crippen molar-refractivity contribution in [1.29, 1.82) is 0 Å². The number of likely N-dealkylation sites (N-methyl/N-ethyl adjacent to an activating group) is 1. The first-order valence-corrected chi connectivity index (χ1v) is 8.01. The zero-order valence-corrected chi connectivity index (χ0v) is 11.9. The molecule has 2 fully saturated rings. The van der Waals surface area contributed by atoms with Crippen LogP contribution in [-0.2, 0) is 15.0 Å². The number of rotatable bonds is 4. The normalized spacial score (nSPS) is 27.7. The van der Waals surface area contributed by atoms with Gasteiger partial charge in [-0.3, -0.25) is 4.79 Å². The summed E-state index contributed by atoms with van der Waals surface area (Å²) in [4.78, 5) is 12.9. The second-order valence-corrected chi connectivity index (χ2v) is 7.08. The topological polar surface area (TPSA) is 90.0 Å². The Hall–Kier alpha value is -0.700. The highest BCUT2D eigenvalue weighted by atomic mass is 32.2. The number of likely N-dealkylation sites (tertiary alicyclic amines) is 1. The molecule has 0 aromatic carbocycles. The van der Waals surface area contributed by atoms with E-state index < -0.39 is 22.1 Å². The summed E-state index contributed by atoms with van der Waals surface area (Å²) in [5, 5.41) is 8.90. The molecule has 0 saturated carbocycles. The lowest BCUT2D eigenvalue weighted by Crippen LogP contribution is -2.49. The van der Waals surface area contributed by atoms with Crippen LogP contribution in [0.2, 0.25) is 0 Å². The van der Waals surface area contributed by atoms with Crippen LogP contribution in [-0.4, -0.2) is 68.0 Å². The monoisotopic (exact) mass is 291 g/mol. The van der Waals surface area contributed by atoms with Crippen LogP contribution in [0.5, 0.6) is 0 Å². The van der Waals surface area contributed by atoms with Crippen molar-refractivity contribution >= 4 is 16.2 Å². The van der Waals surface area contributed by atoms with Gasteiger partial charge >= 0.3 is 5.97 Å². The molecule has 0 radical (unpaired) electrons. The van der Waals surface area contributed by atoms with Gasteiger partial charge in [-0.1, -0.05) is 0 Å². The number of carbonyl (C=O) groups is 1. The van der Waals surface area contributed by atoms with Gasteiger partial charge in [0, 0.05) is 25.7 Å². The van der Waals surface area contributed by atoms with Crippen LogP contribution in [0.1, 0.15) is 19.3 Å². The third-order valence-corrected chi connectivity index (χ3v) is 5.53. The zero-order valence-electron chi connectivity index (χ0n) is 11.1. The quantitative estimate of drug-likeness (QED) is 0.716. The van der Waals surface area contributed by atoms with Gasteiger partial charge in [-0.15, -0.1) is 0 Å². The summed E-state index contributed by atoms with van der Waals surface area (Å²) in [5.74, 6) is -1.24. The maximum atomic E-state index is 12.2. The van der Waals surface area contributed by atoms with Crippen molar-refractivity contribution in [3.63, 3.8) is 0 Å². The largest absolute Gasteiger partial charge is 0.481 e. The fraction of sp³-hybridized carbons (Fsp3) is 0.909. The minimum atomic E-state index is -3.48. The Morgan fingerprint density at radius 1 is 1.21 bits per heavy atom. The maximum absolute atomic E-state index is 12.2. The van der Waals surface area contributed by atoms with E-state index in [1.165, 1.54) is 4.31 Å². The number of aliphatic carboxylic acids is 1. The van der Waals surface area contributed by atoms with Crippen LogP contribution in [0.4, 0.5) is 0 Å². The number of hydrogen-bond donors (Lipinski definition) is 2. The molecule has 0 bridgehead atoms. The third-order valence-electron chi connectivity index (χ3n) is 3.85. The fourth-order valence-electron chi connectivity index (χ4n) is 2.66. The van der Waals surface area contributed by atoms with Crippen molar-refractivity contribution in [3.05, 3.63) is 0 Å². The van der Waals surface area contributed by atoms with E-state index in [0.29, 0.717) is 12.8 Å². The Morgan fingerprint density at radius 3 is 2.32 bits per heavy atom. The summed E-state index contributed by atoms with van der Waals surface area (Å²) >= 11 is 0.